The van der Waals surface area contributed by atoms with Gasteiger partial charge in [-0.3, -0.25) is 9.59 Å². The minimum atomic E-state index is -0.324. The Kier molecular flexibility index (Phi) is 8.36. The number of ether oxygens (including phenoxy) is 1. The molecule has 1 aliphatic rings. The fraction of sp³-hybridized carbons (Fsp3) is 0.296. The third-order valence-electron chi connectivity index (χ3n) is 6.13. The normalized spacial score (nSPS) is 17.4. The second-order valence-corrected chi connectivity index (χ2v) is 9.34. The molecular formula is C27H28FN3O3S. The van der Waals surface area contributed by atoms with Crippen LogP contribution >= 0.6 is 11.8 Å². The first kappa shape index (κ1) is 24.7. The van der Waals surface area contributed by atoms with E-state index < -0.39 is 0 Å². The Morgan fingerprint density at radius 1 is 1.03 bits per heavy atom. The van der Waals surface area contributed by atoms with Crippen molar-refractivity contribution in [3.8, 4) is 11.6 Å². The highest BCUT2D eigenvalue weighted by Gasteiger charge is 2.28. The van der Waals surface area contributed by atoms with E-state index in [4.69, 9.17) is 4.74 Å². The van der Waals surface area contributed by atoms with Gasteiger partial charge in [0.05, 0.1) is 0 Å². The predicted molar refractivity (Wildman–Crippen MR) is 134 cm³/mol. The summed E-state index contributed by atoms with van der Waals surface area (Å²) in [4.78, 5) is 30.9. The zero-order valence-electron chi connectivity index (χ0n) is 19.5. The average Bonchev–Trinajstić information content (AvgIpc) is 2.89. The second-order valence-electron chi connectivity index (χ2n) is 8.46. The van der Waals surface area contributed by atoms with Crippen molar-refractivity contribution in [2.24, 2.45) is 5.92 Å². The fourth-order valence-electron chi connectivity index (χ4n) is 4.13. The van der Waals surface area contributed by atoms with Crippen LogP contribution in [0.1, 0.15) is 41.6 Å². The Labute approximate surface area is 208 Å². The molecule has 0 radical (unpaired) electrons. The summed E-state index contributed by atoms with van der Waals surface area (Å²) in [7, 11) is 0. The average molecular weight is 494 g/mol. The fourth-order valence-corrected chi connectivity index (χ4v) is 4.54. The van der Waals surface area contributed by atoms with Gasteiger partial charge in [0.2, 0.25) is 11.8 Å². The van der Waals surface area contributed by atoms with Crippen molar-refractivity contribution in [2.45, 2.75) is 43.2 Å². The van der Waals surface area contributed by atoms with Gasteiger partial charge in [-0.15, -0.1) is 11.8 Å². The van der Waals surface area contributed by atoms with Crippen molar-refractivity contribution in [1.29, 1.82) is 0 Å². The smallest absolute Gasteiger partial charge is 0.257 e. The molecule has 0 atom stereocenters. The van der Waals surface area contributed by atoms with Crippen LogP contribution in [0.15, 0.2) is 71.8 Å². The van der Waals surface area contributed by atoms with Crippen molar-refractivity contribution in [3.63, 3.8) is 0 Å². The maximum Gasteiger partial charge on any atom is 0.257 e. The van der Waals surface area contributed by atoms with Crippen LogP contribution in [0.4, 0.5) is 4.39 Å². The summed E-state index contributed by atoms with van der Waals surface area (Å²) in [5.41, 5.74) is 0.836. The van der Waals surface area contributed by atoms with E-state index in [-0.39, 0.29) is 42.0 Å². The Morgan fingerprint density at radius 3 is 2.49 bits per heavy atom. The van der Waals surface area contributed by atoms with Crippen LogP contribution in [0.2, 0.25) is 0 Å². The van der Waals surface area contributed by atoms with Gasteiger partial charge in [0.25, 0.3) is 5.91 Å². The molecule has 1 heterocycles. The predicted octanol–water partition coefficient (Wildman–Crippen LogP) is 5.34. The summed E-state index contributed by atoms with van der Waals surface area (Å²) in [6.07, 6.45) is 6.29. The van der Waals surface area contributed by atoms with Gasteiger partial charge in [0.15, 0.2) is 0 Å². The molecule has 1 saturated carbocycles. The third kappa shape index (κ3) is 6.60. The van der Waals surface area contributed by atoms with Gasteiger partial charge in [0, 0.05) is 35.2 Å². The van der Waals surface area contributed by atoms with E-state index in [9.17, 15) is 14.0 Å². The molecule has 1 aliphatic carbocycles. The van der Waals surface area contributed by atoms with E-state index in [1.165, 1.54) is 6.07 Å². The molecule has 0 spiro atoms. The maximum absolute atomic E-state index is 13.8. The number of thioether (sulfide) groups is 1. The molecule has 8 heteroatoms. The van der Waals surface area contributed by atoms with Crippen molar-refractivity contribution >= 4 is 23.6 Å². The molecule has 2 N–H and O–H groups in total. The van der Waals surface area contributed by atoms with Crippen LogP contribution in [0.5, 0.6) is 11.6 Å². The quantitative estimate of drug-likeness (QED) is 0.414. The Morgan fingerprint density at radius 2 is 1.77 bits per heavy atom. The second kappa shape index (κ2) is 11.8. The van der Waals surface area contributed by atoms with Gasteiger partial charge >= 0.3 is 0 Å². The Balaban J connectivity index is 1.29. The van der Waals surface area contributed by atoms with E-state index in [0.717, 1.165) is 4.90 Å². The standard InChI is InChI=1S/C27H28FN3O3S/c1-35-22-14-12-21(13-15-22)34-27-23(6-4-16-29-27)26(33)31-20-10-8-18(9-11-20)25(32)30-17-19-5-2-3-7-24(19)28/h2-7,12-16,18,20H,8-11,17H2,1H3,(H,30,32)(H,31,33)/t18-,20+. The molecule has 0 unspecified atom stereocenters. The summed E-state index contributed by atoms with van der Waals surface area (Å²) in [5.74, 6) is 0.0711. The lowest BCUT2D eigenvalue weighted by Crippen LogP contribution is -2.41. The number of benzene rings is 2. The van der Waals surface area contributed by atoms with Gasteiger partial charge in [-0.05, 0) is 74.4 Å². The lowest BCUT2D eigenvalue weighted by molar-refractivity contribution is -0.126. The number of nitrogens with one attached hydrogen (secondary N) is 2. The number of carbonyl (C=O) groups is 2. The Bertz CT molecular complexity index is 1160. The van der Waals surface area contributed by atoms with Crippen LogP contribution in [0.3, 0.4) is 0 Å². The van der Waals surface area contributed by atoms with Gasteiger partial charge < -0.3 is 15.4 Å². The highest BCUT2D eigenvalue weighted by Crippen LogP contribution is 2.27. The van der Waals surface area contributed by atoms with Gasteiger partial charge in [-0.2, -0.15) is 0 Å². The molecule has 3 aromatic rings. The summed E-state index contributed by atoms with van der Waals surface area (Å²) in [5, 5.41) is 5.90. The van der Waals surface area contributed by atoms with Gasteiger partial charge in [-0.1, -0.05) is 18.2 Å². The van der Waals surface area contributed by atoms with Crippen LogP contribution in [0, 0.1) is 11.7 Å². The summed E-state index contributed by atoms with van der Waals surface area (Å²) in [6, 6.07) is 17.4. The number of amides is 2. The number of halogens is 1. The van der Waals surface area contributed by atoms with E-state index in [1.54, 1.807) is 48.3 Å². The number of nitrogens with zero attached hydrogens (tertiary/aromatic N) is 1. The molecule has 1 fully saturated rings. The maximum atomic E-state index is 13.8. The first-order valence-corrected chi connectivity index (χ1v) is 12.8. The third-order valence-corrected chi connectivity index (χ3v) is 6.88. The lowest BCUT2D eigenvalue weighted by Gasteiger charge is -2.28. The van der Waals surface area contributed by atoms with Gasteiger partial charge in [-0.25, -0.2) is 9.37 Å². The first-order valence-electron chi connectivity index (χ1n) is 11.6. The number of carbonyl (C=O) groups excluding carboxylic acids is 2. The minimum Gasteiger partial charge on any atom is -0.438 e. The van der Waals surface area contributed by atoms with Gasteiger partial charge in [0.1, 0.15) is 17.1 Å². The van der Waals surface area contributed by atoms with E-state index in [2.05, 4.69) is 15.6 Å². The van der Waals surface area contributed by atoms with Crippen molar-refractivity contribution in [2.75, 3.05) is 6.26 Å². The molecule has 6 nitrogen and oxygen atoms in total. The number of pyridine rings is 1. The van der Waals surface area contributed by atoms with E-state index in [0.29, 0.717) is 42.6 Å². The zero-order chi connectivity index (χ0) is 24.6. The van der Waals surface area contributed by atoms with Crippen LogP contribution in [0.25, 0.3) is 0 Å². The SMILES string of the molecule is CSc1ccc(Oc2ncccc2C(=O)N[C@H]2CC[C@@H](C(=O)NCc3ccccc3F)CC2)cc1. The topological polar surface area (TPSA) is 80.3 Å². The van der Waals surface area contributed by atoms with Crippen molar-refractivity contribution < 1.29 is 18.7 Å². The van der Waals surface area contributed by atoms with Crippen LogP contribution < -0.4 is 15.4 Å². The molecule has 2 aromatic carbocycles. The Hall–Kier alpha value is -3.39. The molecular weight excluding hydrogens is 465 g/mol. The van der Waals surface area contributed by atoms with Crippen molar-refractivity contribution in [1.82, 2.24) is 15.6 Å². The molecule has 0 aliphatic heterocycles. The lowest BCUT2D eigenvalue weighted by atomic mass is 9.85. The highest BCUT2D eigenvalue weighted by atomic mass is 32.2. The number of aromatic nitrogens is 1. The summed E-state index contributed by atoms with van der Waals surface area (Å²) in [6.45, 7) is 0.173. The number of rotatable bonds is 8. The molecule has 0 bridgehead atoms. The van der Waals surface area contributed by atoms with E-state index >= 15 is 0 Å². The van der Waals surface area contributed by atoms with E-state index in [1.807, 2.05) is 30.5 Å². The number of hydrogen-bond donors (Lipinski definition) is 2. The molecule has 182 valence electrons. The monoisotopic (exact) mass is 493 g/mol. The number of hydrogen-bond acceptors (Lipinski definition) is 5. The highest BCUT2D eigenvalue weighted by molar-refractivity contribution is 7.98. The summed E-state index contributed by atoms with van der Waals surface area (Å²) >= 11 is 1.64. The molecule has 35 heavy (non-hydrogen) atoms. The molecule has 0 saturated heterocycles. The molecule has 4 rings (SSSR count). The molecule has 1 aromatic heterocycles. The molecule has 2 amide bonds. The first-order chi connectivity index (χ1) is 17.0. The largest absolute Gasteiger partial charge is 0.438 e. The van der Waals surface area contributed by atoms with Crippen LogP contribution in [-0.4, -0.2) is 29.1 Å². The zero-order valence-corrected chi connectivity index (χ0v) is 20.3. The van der Waals surface area contributed by atoms with Crippen molar-refractivity contribution in [3.05, 3.63) is 83.8 Å². The minimum absolute atomic E-state index is 0.0352. The van der Waals surface area contributed by atoms with Crippen LogP contribution in [-0.2, 0) is 11.3 Å². The summed E-state index contributed by atoms with van der Waals surface area (Å²) < 4.78 is 19.6.